The standard InChI is InChI=1S/C17H28N8O7/c1-21-6-9(26)22-7(2-4-18)15(30)24-10-11(27)12(28)16(32-13(10)14(20)29)25-5-3-8(19)23-17(25)31/h3,5,7,10-13,16,21,27-28H,2,4,6,18H2,1H3,(H2,20,29)(H,22,26)(H,24,30)(H2,19,23,31)/t7-,10+,11+,12-,13+,16-/m1/s1. The normalized spacial score (nSPS) is 26.2. The van der Waals surface area contributed by atoms with Crippen LogP contribution in [0.5, 0.6) is 0 Å². The molecule has 15 nitrogen and oxygen atoms in total. The van der Waals surface area contributed by atoms with Crippen LogP contribution in [0.3, 0.4) is 0 Å². The number of amides is 3. The number of anilines is 1. The number of hydrogen-bond donors (Lipinski definition) is 8. The first-order valence-corrected chi connectivity index (χ1v) is 9.70. The molecule has 0 unspecified atom stereocenters. The highest BCUT2D eigenvalue weighted by Gasteiger charge is 2.49. The molecule has 178 valence electrons. The average Bonchev–Trinajstić information content (AvgIpc) is 2.71. The van der Waals surface area contributed by atoms with E-state index in [2.05, 4.69) is 20.9 Å². The summed E-state index contributed by atoms with van der Waals surface area (Å²) in [5.41, 5.74) is 15.4. The molecule has 0 aromatic carbocycles. The van der Waals surface area contributed by atoms with E-state index in [0.29, 0.717) is 0 Å². The van der Waals surface area contributed by atoms with Gasteiger partial charge in [-0.2, -0.15) is 4.98 Å². The van der Waals surface area contributed by atoms with Gasteiger partial charge in [0.1, 0.15) is 24.1 Å². The maximum absolute atomic E-state index is 12.7. The fourth-order valence-electron chi connectivity index (χ4n) is 3.24. The Morgan fingerprint density at radius 1 is 1.31 bits per heavy atom. The zero-order chi connectivity index (χ0) is 24.0. The van der Waals surface area contributed by atoms with E-state index in [1.807, 2.05) is 0 Å². The van der Waals surface area contributed by atoms with Gasteiger partial charge < -0.3 is 48.1 Å². The van der Waals surface area contributed by atoms with Gasteiger partial charge >= 0.3 is 5.69 Å². The summed E-state index contributed by atoms with van der Waals surface area (Å²) in [4.78, 5) is 52.2. The lowest BCUT2D eigenvalue weighted by atomic mass is 9.94. The molecule has 0 spiro atoms. The zero-order valence-corrected chi connectivity index (χ0v) is 17.3. The van der Waals surface area contributed by atoms with Gasteiger partial charge in [0.2, 0.25) is 17.7 Å². The molecule has 15 heteroatoms. The summed E-state index contributed by atoms with van der Waals surface area (Å²) in [6, 6.07) is -1.31. The van der Waals surface area contributed by atoms with Gasteiger partial charge in [0.05, 0.1) is 12.6 Å². The van der Waals surface area contributed by atoms with Gasteiger partial charge in [-0.25, -0.2) is 4.79 Å². The number of primary amides is 1. The second kappa shape index (κ2) is 11.0. The lowest BCUT2D eigenvalue weighted by Crippen LogP contribution is -2.67. The van der Waals surface area contributed by atoms with Gasteiger partial charge in [0, 0.05) is 6.20 Å². The maximum Gasteiger partial charge on any atom is 0.351 e. The third kappa shape index (κ3) is 5.77. The third-order valence-corrected chi connectivity index (χ3v) is 4.78. The second-order valence-electron chi connectivity index (χ2n) is 7.14. The summed E-state index contributed by atoms with van der Waals surface area (Å²) in [6.07, 6.45) is -5.47. The number of aliphatic hydroxyl groups excluding tert-OH is 2. The maximum atomic E-state index is 12.7. The molecular weight excluding hydrogens is 428 g/mol. The molecule has 32 heavy (non-hydrogen) atoms. The van der Waals surface area contributed by atoms with E-state index >= 15 is 0 Å². The molecule has 1 aliphatic heterocycles. The SMILES string of the molecule is CNCC(=O)N[C@H](CCN)C(=O)N[C@H]1[C@H](O)[C@@H](O)[C@H](n2ccc(N)nc2=O)O[C@@H]1C(N)=O. The van der Waals surface area contributed by atoms with Gasteiger partial charge in [-0.1, -0.05) is 0 Å². The average molecular weight is 456 g/mol. The van der Waals surface area contributed by atoms with Crippen LogP contribution in [-0.2, 0) is 19.1 Å². The van der Waals surface area contributed by atoms with Crippen LogP contribution < -0.4 is 38.8 Å². The monoisotopic (exact) mass is 456 g/mol. The van der Waals surface area contributed by atoms with Crippen molar-refractivity contribution in [2.24, 2.45) is 11.5 Å². The summed E-state index contributed by atoms with van der Waals surface area (Å²) in [7, 11) is 1.55. The number of ether oxygens (including phenoxy) is 1. The predicted molar refractivity (Wildman–Crippen MR) is 109 cm³/mol. The first-order valence-electron chi connectivity index (χ1n) is 9.70. The Kier molecular flexibility index (Phi) is 8.62. The van der Waals surface area contributed by atoms with E-state index in [0.717, 1.165) is 10.8 Å². The van der Waals surface area contributed by atoms with E-state index in [1.54, 1.807) is 7.05 Å². The van der Waals surface area contributed by atoms with Crippen molar-refractivity contribution in [3.63, 3.8) is 0 Å². The van der Waals surface area contributed by atoms with Crippen molar-refractivity contribution in [3.8, 4) is 0 Å². The van der Waals surface area contributed by atoms with E-state index in [1.165, 1.54) is 6.07 Å². The minimum absolute atomic E-state index is 0.0542. The number of aliphatic hydroxyl groups is 2. The fraction of sp³-hybridized carbons (Fsp3) is 0.588. The highest BCUT2D eigenvalue weighted by Crippen LogP contribution is 2.27. The van der Waals surface area contributed by atoms with E-state index < -0.39 is 60.0 Å². The molecule has 1 saturated heterocycles. The Balaban J connectivity index is 2.25. The van der Waals surface area contributed by atoms with Crippen LogP contribution >= 0.6 is 0 Å². The predicted octanol–water partition coefficient (Wildman–Crippen LogP) is -5.53. The lowest BCUT2D eigenvalue weighted by molar-refractivity contribution is -0.212. The minimum Gasteiger partial charge on any atom is -0.388 e. The smallest absolute Gasteiger partial charge is 0.351 e. The number of hydrogen-bond acceptors (Lipinski definition) is 11. The van der Waals surface area contributed by atoms with Crippen LogP contribution in [0.1, 0.15) is 12.6 Å². The second-order valence-corrected chi connectivity index (χ2v) is 7.14. The molecule has 2 rings (SSSR count). The Labute approximate surface area is 182 Å². The van der Waals surface area contributed by atoms with Crippen LogP contribution in [0.4, 0.5) is 5.82 Å². The summed E-state index contributed by atoms with van der Waals surface area (Å²) in [5, 5.41) is 28.6. The molecule has 3 amide bonds. The van der Waals surface area contributed by atoms with Gasteiger partial charge in [0.15, 0.2) is 12.3 Å². The number of nitrogens with two attached hydrogens (primary N) is 3. The van der Waals surface area contributed by atoms with Crippen molar-refractivity contribution in [1.82, 2.24) is 25.5 Å². The molecule has 1 aliphatic rings. The van der Waals surface area contributed by atoms with Crippen molar-refractivity contribution < 1.29 is 29.3 Å². The van der Waals surface area contributed by atoms with Crippen molar-refractivity contribution in [1.29, 1.82) is 0 Å². The van der Waals surface area contributed by atoms with Crippen molar-refractivity contribution in [3.05, 3.63) is 22.7 Å². The molecule has 1 aromatic rings. The molecule has 1 aromatic heterocycles. The third-order valence-electron chi connectivity index (χ3n) is 4.78. The van der Waals surface area contributed by atoms with Crippen LogP contribution in [-0.4, -0.2) is 88.0 Å². The van der Waals surface area contributed by atoms with E-state index in [9.17, 15) is 29.4 Å². The van der Waals surface area contributed by atoms with Gasteiger partial charge in [-0.15, -0.1) is 0 Å². The summed E-state index contributed by atoms with van der Waals surface area (Å²) in [6.45, 7) is -0.00313. The molecule has 2 heterocycles. The summed E-state index contributed by atoms with van der Waals surface area (Å²) >= 11 is 0. The number of rotatable bonds is 9. The number of nitrogens with one attached hydrogen (secondary N) is 3. The van der Waals surface area contributed by atoms with Crippen LogP contribution in [0.25, 0.3) is 0 Å². The zero-order valence-electron chi connectivity index (χ0n) is 17.3. The van der Waals surface area contributed by atoms with Gasteiger partial charge in [-0.3, -0.25) is 19.0 Å². The molecule has 6 atom stereocenters. The molecule has 1 fully saturated rings. The van der Waals surface area contributed by atoms with Gasteiger partial charge in [0.25, 0.3) is 0 Å². The fourth-order valence-corrected chi connectivity index (χ4v) is 3.24. The number of nitrogen functional groups attached to an aromatic ring is 1. The number of nitrogens with zero attached hydrogens (tertiary/aromatic N) is 2. The molecule has 0 saturated carbocycles. The number of likely N-dealkylation sites (N-methyl/N-ethyl adjacent to an activating group) is 1. The van der Waals surface area contributed by atoms with Crippen molar-refractivity contribution >= 4 is 23.5 Å². The molecule has 0 bridgehead atoms. The number of carbonyl (C=O) groups is 3. The largest absolute Gasteiger partial charge is 0.388 e. The first-order chi connectivity index (χ1) is 15.1. The topological polar surface area (TPSA) is 250 Å². The summed E-state index contributed by atoms with van der Waals surface area (Å²) < 4.78 is 6.30. The molecule has 11 N–H and O–H groups in total. The van der Waals surface area contributed by atoms with Crippen molar-refractivity contribution in [2.75, 3.05) is 25.9 Å². The quantitative estimate of drug-likeness (QED) is 0.174. The Hall–Kier alpha value is -3.11. The van der Waals surface area contributed by atoms with Crippen LogP contribution in [0.15, 0.2) is 17.1 Å². The highest BCUT2D eigenvalue weighted by molar-refractivity contribution is 5.89. The number of carbonyl (C=O) groups excluding carboxylic acids is 3. The van der Waals surface area contributed by atoms with Crippen molar-refractivity contribution in [2.45, 2.75) is 43.0 Å². The Morgan fingerprint density at radius 3 is 2.56 bits per heavy atom. The van der Waals surface area contributed by atoms with Gasteiger partial charge in [-0.05, 0) is 26.1 Å². The molecule has 0 aliphatic carbocycles. The Morgan fingerprint density at radius 2 is 2.00 bits per heavy atom. The highest BCUT2D eigenvalue weighted by atomic mass is 16.5. The van der Waals surface area contributed by atoms with E-state index in [4.69, 9.17) is 21.9 Å². The minimum atomic E-state index is -1.77. The summed E-state index contributed by atoms with van der Waals surface area (Å²) in [5.74, 6) is -2.42. The first kappa shape index (κ1) is 25.2. The number of aromatic nitrogens is 2. The molecule has 0 radical (unpaired) electrons. The van der Waals surface area contributed by atoms with E-state index in [-0.39, 0.29) is 25.3 Å². The lowest BCUT2D eigenvalue weighted by Gasteiger charge is -2.42. The molecular formula is C17H28N8O7. The van der Waals surface area contributed by atoms with Crippen LogP contribution in [0, 0.1) is 0 Å². The Bertz CT molecular complexity index is 894. The van der Waals surface area contributed by atoms with Crippen LogP contribution in [0.2, 0.25) is 0 Å².